The maximum atomic E-state index is 10.6. The molecular formula is C7H10N4O4. The fourth-order valence-corrected chi connectivity index (χ4v) is 1.33. The van der Waals surface area contributed by atoms with Gasteiger partial charge in [0, 0.05) is 6.08 Å². The quantitative estimate of drug-likeness (QED) is 0.271. The van der Waals surface area contributed by atoms with Crippen LogP contribution in [0.4, 0.5) is 0 Å². The van der Waals surface area contributed by atoms with Crippen molar-refractivity contribution in [1.82, 2.24) is 0 Å². The first-order valence-electron chi connectivity index (χ1n) is 4.03. The highest BCUT2D eigenvalue weighted by Crippen LogP contribution is 2.23. The van der Waals surface area contributed by atoms with Crippen LogP contribution in [0.15, 0.2) is 23.4 Å². The van der Waals surface area contributed by atoms with Crippen molar-refractivity contribution in [2.45, 2.75) is 18.6 Å². The van der Waals surface area contributed by atoms with Gasteiger partial charge in [-0.15, -0.1) is 0 Å². The molecule has 1 rings (SSSR count). The van der Waals surface area contributed by atoms with E-state index in [2.05, 4.69) is 0 Å². The summed E-state index contributed by atoms with van der Waals surface area (Å²) in [5, 5.41) is 21.2. The minimum absolute atomic E-state index is 0.309. The van der Waals surface area contributed by atoms with Crippen molar-refractivity contribution >= 4 is 0 Å². The zero-order valence-electron chi connectivity index (χ0n) is 7.91. The van der Waals surface area contributed by atoms with Crippen molar-refractivity contribution < 1.29 is 9.85 Å². The fraction of sp³-hybridized carbons (Fsp3) is 0.429. The van der Waals surface area contributed by atoms with E-state index in [-0.39, 0.29) is 0 Å². The second kappa shape index (κ2) is 3.41. The summed E-state index contributed by atoms with van der Waals surface area (Å²) in [5.41, 5.74) is 8.68. The predicted molar refractivity (Wildman–Crippen MR) is 50.7 cm³/mol. The zero-order valence-corrected chi connectivity index (χ0v) is 7.91. The Balaban J connectivity index is 3.26. The Labute approximate surface area is 84.5 Å². The SMILES string of the molecule is CC1=CC(N)([N+](=O)[O-])C=C([N+](=O)[O-])C1N. The minimum Gasteiger partial charge on any atom is -0.315 e. The van der Waals surface area contributed by atoms with E-state index in [1.807, 2.05) is 0 Å². The van der Waals surface area contributed by atoms with Crippen molar-refractivity contribution in [1.29, 1.82) is 0 Å². The minimum atomic E-state index is -2.04. The molecule has 0 bridgehead atoms. The van der Waals surface area contributed by atoms with Gasteiger partial charge in [0.1, 0.15) is 6.04 Å². The van der Waals surface area contributed by atoms with Gasteiger partial charge in [0.25, 0.3) is 5.70 Å². The van der Waals surface area contributed by atoms with E-state index in [0.717, 1.165) is 12.2 Å². The molecule has 15 heavy (non-hydrogen) atoms. The van der Waals surface area contributed by atoms with E-state index < -0.39 is 27.2 Å². The van der Waals surface area contributed by atoms with Gasteiger partial charge in [0.05, 0.1) is 15.9 Å². The molecular weight excluding hydrogens is 204 g/mol. The van der Waals surface area contributed by atoms with Gasteiger partial charge in [-0.2, -0.15) is 0 Å². The molecule has 1 aliphatic rings. The van der Waals surface area contributed by atoms with E-state index >= 15 is 0 Å². The number of rotatable bonds is 2. The Morgan fingerprint density at radius 1 is 1.40 bits per heavy atom. The third kappa shape index (κ3) is 1.85. The summed E-state index contributed by atoms with van der Waals surface area (Å²) in [6, 6.07) is -0.948. The molecule has 0 heterocycles. The summed E-state index contributed by atoms with van der Waals surface area (Å²) in [6.07, 6.45) is 1.88. The molecule has 0 aromatic rings. The van der Waals surface area contributed by atoms with Crippen LogP contribution in [-0.4, -0.2) is 21.6 Å². The van der Waals surface area contributed by atoms with Crippen LogP contribution in [0.1, 0.15) is 6.92 Å². The molecule has 2 unspecified atom stereocenters. The number of nitrogens with zero attached hydrogens (tertiary/aromatic N) is 2. The molecule has 0 aromatic carbocycles. The van der Waals surface area contributed by atoms with Gasteiger partial charge in [0.15, 0.2) is 0 Å². The molecule has 0 amide bonds. The zero-order chi connectivity index (χ0) is 11.8. The maximum absolute atomic E-state index is 10.6. The van der Waals surface area contributed by atoms with E-state index in [0.29, 0.717) is 5.57 Å². The van der Waals surface area contributed by atoms with Crippen LogP contribution in [0.25, 0.3) is 0 Å². The van der Waals surface area contributed by atoms with Crippen molar-refractivity contribution in [3.8, 4) is 0 Å². The van der Waals surface area contributed by atoms with Crippen molar-refractivity contribution in [3.63, 3.8) is 0 Å². The summed E-state index contributed by atoms with van der Waals surface area (Å²) in [7, 11) is 0. The molecule has 4 N–H and O–H groups in total. The second-order valence-corrected chi connectivity index (χ2v) is 3.34. The summed E-state index contributed by atoms with van der Waals surface area (Å²) >= 11 is 0. The first kappa shape index (κ1) is 11.3. The Morgan fingerprint density at radius 3 is 2.33 bits per heavy atom. The molecule has 1 aliphatic carbocycles. The standard InChI is InChI=1S/C7H10N4O4/c1-4-2-7(9,11(14)15)3-5(6(4)8)10(12)13/h2-3,6H,8-9H2,1H3. The summed E-state index contributed by atoms with van der Waals surface area (Å²) in [6.45, 7) is 1.46. The molecule has 8 nitrogen and oxygen atoms in total. The van der Waals surface area contributed by atoms with Crippen LogP contribution in [0.5, 0.6) is 0 Å². The van der Waals surface area contributed by atoms with Crippen LogP contribution < -0.4 is 11.5 Å². The van der Waals surface area contributed by atoms with E-state index in [4.69, 9.17) is 11.5 Å². The van der Waals surface area contributed by atoms with Crippen LogP contribution >= 0.6 is 0 Å². The van der Waals surface area contributed by atoms with Crippen LogP contribution in [0, 0.1) is 20.2 Å². The number of nitro groups is 2. The number of hydrogen-bond donors (Lipinski definition) is 2. The first-order valence-corrected chi connectivity index (χ1v) is 4.03. The monoisotopic (exact) mass is 214 g/mol. The molecule has 0 fully saturated rings. The largest absolute Gasteiger partial charge is 0.317 e. The average Bonchev–Trinajstić information content (AvgIpc) is 2.10. The van der Waals surface area contributed by atoms with Gasteiger partial charge in [-0.3, -0.25) is 26.0 Å². The van der Waals surface area contributed by atoms with Gasteiger partial charge in [-0.1, -0.05) is 0 Å². The fourth-order valence-electron chi connectivity index (χ4n) is 1.33. The number of nitrogens with two attached hydrogens (primary N) is 2. The van der Waals surface area contributed by atoms with Gasteiger partial charge in [-0.25, -0.2) is 0 Å². The lowest BCUT2D eigenvalue weighted by Crippen LogP contribution is -2.49. The second-order valence-electron chi connectivity index (χ2n) is 3.34. The highest BCUT2D eigenvalue weighted by molar-refractivity contribution is 5.32. The third-order valence-electron chi connectivity index (χ3n) is 2.17. The smallest absolute Gasteiger partial charge is 0.315 e. The Bertz CT molecular complexity index is 388. The molecule has 0 radical (unpaired) electrons. The lowest BCUT2D eigenvalue weighted by atomic mass is 9.93. The molecule has 0 spiro atoms. The lowest BCUT2D eigenvalue weighted by molar-refractivity contribution is -0.542. The molecule has 0 aromatic heterocycles. The third-order valence-corrected chi connectivity index (χ3v) is 2.17. The first-order chi connectivity index (χ1) is 6.78. The molecule has 0 aliphatic heterocycles. The summed E-state index contributed by atoms with van der Waals surface area (Å²) < 4.78 is 0. The maximum Gasteiger partial charge on any atom is 0.317 e. The van der Waals surface area contributed by atoms with Crippen molar-refractivity contribution in [3.05, 3.63) is 43.7 Å². The van der Waals surface area contributed by atoms with Crippen molar-refractivity contribution in [2.75, 3.05) is 0 Å². The highest BCUT2D eigenvalue weighted by atomic mass is 16.6. The van der Waals surface area contributed by atoms with E-state index in [9.17, 15) is 20.2 Å². The molecule has 2 atom stereocenters. The normalized spacial score (nSPS) is 30.5. The highest BCUT2D eigenvalue weighted by Gasteiger charge is 2.43. The van der Waals surface area contributed by atoms with Crippen LogP contribution in [-0.2, 0) is 0 Å². The Morgan fingerprint density at radius 2 is 1.93 bits per heavy atom. The topological polar surface area (TPSA) is 138 Å². The van der Waals surface area contributed by atoms with Crippen molar-refractivity contribution in [2.24, 2.45) is 11.5 Å². The van der Waals surface area contributed by atoms with Crippen LogP contribution in [0.3, 0.4) is 0 Å². The van der Waals surface area contributed by atoms with Gasteiger partial charge in [0.2, 0.25) is 0 Å². The van der Waals surface area contributed by atoms with E-state index in [1.165, 1.54) is 6.92 Å². The molecule has 8 heteroatoms. The molecule has 0 saturated carbocycles. The van der Waals surface area contributed by atoms with Gasteiger partial charge in [-0.05, 0) is 12.5 Å². The summed E-state index contributed by atoms with van der Waals surface area (Å²) in [4.78, 5) is 19.6. The van der Waals surface area contributed by atoms with Gasteiger partial charge >= 0.3 is 5.66 Å². The number of hydrogen-bond acceptors (Lipinski definition) is 6. The lowest BCUT2D eigenvalue weighted by Gasteiger charge is -2.21. The molecule has 0 saturated heterocycles. The average molecular weight is 214 g/mol. The Kier molecular flexibility index (Phi) is 2.56. The van der Waals surface area contributed by atoms with Crippen LogP contribution in [0.2, 0.25) is 0 Å². The molecule has 82 valence electrons. The van der Waals surface area contributed by atoms with Gasteiger partial charge < -0.3 is 5.73 Å². The van der Waals surface area contributed by atoms with E-state index in [1.54, 1.807) is 0 Å². The Hall–Kier alpha value is -1.80. The summed E-state index contributed by atoms with van der Waals surface area (Å²) in [5.74, 6) is 0. The predicted octanol–water partition coefficient (Wildman–Crippen LogP) is -0.634.